The zero-order chi connectivity index (χ0) is 9.90. The SMILES string of the molecule is O=C(COCCC(F)(F)F)C1CC1. The van der Waals surface area contributed by atoms with Gasteiger partial charge in [0.2, 0.25) is 0 Å². The highest BCUT2D eigenvalue weighted by Gasteiger charge is 2.30. The highest BCUT2D eigenvalue weighted by atomic mass is 19.4. The number of rotatable bonds is 5. The van der Waals surface area contributed by atoms with Gasteiger partial charge in [-0.05, 0) is 12.8 Å². The molecule has 5 heteroatoms. The van der Waals surface area contributed by atoms with Crippen molar-refractivity contribution in [3.8, 4) is 0 Å². The molecule has 0 amide bonds. The van der Waals surface area contributed by atoms with Crippen LogP contribution in [0, 0.1) is 5.92 Å². The van der Waals surface area contributed by atoms with E-state index < -0.39 is 19.2 Å². The summed E-state index contributed by atoms with van der Waals surface area (Å²) in [5.41, 5.74) is 0. The van der Waals surface area contributed by atoms with E-state index in [1.807, 2.05) is 0 Å². The minimum Gasteiger partial charge on any atom is -0.373 e. The lowest BCUT2D eigenvalue weighted by atomic mass is 10.3. The third kappa shape index (κ3) is 4.87. The average Bonchev–Trinajstić information content (AvgIpc) is 2.77. The molecule has 1 rings (SSSR count). The summed E-state index contributed by atoms with van der Waals surface area (Å²) in [6, 6.07) is 0. The Balaban J connectivity index is 1.97. The van der Waals surface area contributed by atoms with Crippen LogP contribution in [0.4, 0.5) is 13.2 Å². The van der Waals surface area contributed by atoms with Gasteiger partial charge in [0.25, 0.3) is 0 Å². The van der Waals surface area contributed by atoms with Gasteiger partial charge in [0.1, 0.15) is 6.61 Å². The Morgan fingerprint density at radius 2 is 2.00 bits per heavy atom. The van der Waals surface area contributed by atoms with E-state index in [4.69, 9.17) is 0 Å². The van der Waals surface area contributed by atoms with Crippen molar-refractivity contribution in [1.29, 1.82) is 0 Å². The minimum absolute atomic E-state index is 0.0610. The third-order valence-corrected chi connectivity index (χ3v) is 1.81. The summed E-state index contributed by atoms with van der Waals surface area (Å²) in [6.07, 6.45) is -3.45. The average molecular weight is 196 g/mol. The summed E-state index contributed by atoms with van der Waals surface area (Å²) in [5, 5.41) is 0. The first-order valence-electron chi connectivity index (χ1n) is 4.16. The fourth-order valence-electron chi connectivity index (χ4n) is 0.884. The van der Waals surface area contributed by atoms with E-state index in [2.05, 4.69) is 4.74 Å². The van der Waals surface area contributed by atoms with Gasteiger partial charge in [-0.3, -0.25) is 4.79 Å². The van der Waals surface area contributed by atoms with Crippen LogP contribution < -0.4 is 0 Å². The van der Waals surface area contributed by atoms with Crippen molar-refractivity contribution in [3.63, 3.8) is 0 Å². The predicted molar refractivity (Wildman–Crippen MR) is 39.2 cm³/mol. The molecule has 0 atom stereocenters. The van der Waals surface area contributed by atoms with Crippen molar-refractivity contribution in [1.82, 2.24) is 0 Å². The normalized spacial score (nSPS) is 17.5. The molecular weight excluding hydrogens is 185 g/mol. The summed E-state index contributed by atoms with van der Waals surface area (Å²) in [6.45, 7) is -0.581. The molecule has 1 saturated carbocycles. The van der Waals surface area contributed by atoms with E-state index in [1.165, 1.54) is 0 Å². The van der Waals surface area contributed by atoms with Gasteiger partial charge in [0.05, 0.1) is 13.0 Å². The zero-order valence-corrected chi connectivity index (χ0v) is 7.06. The number of hydrogen-bond acceptors (Lipinski definition) is 2. The second-order valence-corrected chi connectivity index (χ2v) is 3.16. The molecule has 1 aliphatic rings. The van der Waals surface area contributed by atoms with Crippen LogP contribution in [0.3, 0.4) is 0 Å². The molecule has 1 fully saturated rings. The number of alkyl halides is 3. The largest absolute Gasteiger partial charge is 0.391 e. The van der Waals surface area contributed by atoms with Crippen molar-refractivity contribution in [2.75, 3.05) is 13.2 Å². The van der Waals surface area contributed by atoms with Gasteiger partial charge in [0, 0.05) is 5.92 Å². The molecule has 0 radical (unpaired) electrons. The smallest absolute Gasteiger partial charge is 0.373 e. The Morgan fingerprint density at radius 3 is 2.46 bits per heavy atom. The Bertz CT molecular complexity index is 184. The molecule has 0 N–H and O–H groups in total. The molecule has 0 aromatic heterocycles. The lowest BCUT2D eigenvalue weighted by Crippen LogP contribution is -2.16. The van der Waals surface area contributed by atoms with Crippen molar-refractivity contribution >= 4 is 5.78 Å². The van der Waals surface area contributed by atoms with Crippen LogP contribution in [0.5, 0.6) is 0 Å². The van der Waals surface area contributed by atoms with Crippen molar-refractivity contribution in [2.45, 2.75) is 25.4 Å². The van der Waals surface area contributed by atoms with Crippen molar-refractivity contribution in [2.24, 2.45) is 5.92 Å². The molecule has 0 heterocycles. The molecule has 0 aromatic rings. The van der Waals surface area contributed by atoms with Crippen molar-refractivity contribution < 1.29 is 22.7 Å². The maximum atomic E-state index is 11.6. The van der Waals surface area contributed by atoms with E-state index in [-0.39, 0.29) is 18.3 Å². The van der Waals surface area contributed by atoms with Crippen LogP contribution in [0.25, 0.3) is 0 Å². The van der Waals surface area contributed by atoms with E-state index in [1.54, 1.807) is 0 Å². The monoisotopic (exact) mass is 196 g/mol. The Labute approximate surface area is 74.1 Å². The van der Waals surface area contributed by atoms with E-state index in [0.717, 1.165) is 12.8 Å². The molecule has 0 bridgehead atoms. The van der Waals surface area contributed by atoms with Gasteiger partial charge in [-0.15, -0.1) is 0 Å². The van der Waals surface area contributed by atoms with Crippen LogP contribution in [0.2, 0.25) is 0 Å². The highest BCUT2D eigenvalue weighted by Crippen LogP contribution is 2.29. The lowest BCUT2D eigenvalue weighted by Gasteiger charge is -2.05. The van der Waals surface area contributed by atoms with Gasteiger partial charge < -0.3 is 4.74 Å². The second kappa shape index (κ2) is 4.09. The Hall–Kier alpha value is -0.580. The van der Waals surface area contributed by atoms with E-state index in [9.17, 15) is 18.0 Å². The molecule has 0 aliphatic heterocycles. The van der Waals surface area contributed by atoms with Gasteiger partial charge in [0.15, 0.2) is 5.78 Å². The molecule has 76 valence electrons. The standard InChI is InChI=1S/C8H11F3O2/c9-8(10,11)3-4-13-5-7(12)6-1-2-6/h6H,1-5H2. The molecule has 13 heavy (non-hydrogen) atoms. The van der Waals surface area contributed by atoms with Crippen LogP contribution >= 0.6 is 0 Å². The predicted octanol–water partition coefficient (Wildman–Crippen LogP) is 1.93. The molecular formula is C8H11F3O2. The molecule has 0 aromatic carbocycles. The number of carbonyl (C=O) groups excluding carboxylic acids is 1. The first-order chi connectivity index (χ1) is 5.99. The summed E-state index contributed by atoms with van der Waals surface area (Å²) in [5.74, 6) is -0.00642. The summed E-state index contributed by atoms with van der Waals surface area (Å²) >= 11 is 0. The maximum Gasteiger partial charge on any atom is 0.391 e. The fourth-order valence-corrected chi connectivity index (χ4v) is 0.884. The van der Waals surface area contributed by atoms with Gasteiger partial charge in [-0.1, -0.05) is 0 Å². The Kier molecular flexibility index (Phi) is 3.30. The van der Waals surface area contributed by atoms with Crippen LogP contribution in [0.15, 0.2) is 0 Å². The first kappa shape index (κ1) is 10.5. The lowest BCUT2D eigenvalue weighted by molar-refractivity contribution is -0.148. The fraction of sp³-hybridized carbons (Fsp3) is 0.875. The maximum absolute atomic E-state index is 11.6. The Morgan fingerprint density at radius 1 is 1.38 bits per heavy atom. The minimum atomic E-state index is -4.19. The highest BCUT2D eigenvalue weighted by molar-refractivity contribution is 5.84. The number of ether oxygens (including phenoxy) is 1. The van der Waals surface area contributed by atoms with Crippen molar-refractivity contribution in [3.05, 3.63) is 0 Å². The van der Waals surface area contributed by atoms with E-state index in [0.29, 0.717) is 0 Å². The third-order valence-electron chi connectivity index (χ3n) is 1.81. The molecule has 0 unspecified atom stereocenters. The van der Waals surface area contributed by atoms with Crippen LogP contribution in [-0.2, 0) is 9.53 Å². The molecule has 1 aliphatic carbocycles. The van der Waals surface area contributed by atoms with Gasteiger partial charge >= 0.3 is 6.18 Å². The number of ketones is 1. The number of carbonyl (C=O) groups is 1. The molecule has 2 nitrogen and oxygen atoms in total. The van der Waals surface area contributed by atoms with E-state index >= 15 is 0 Å². The quantitative estimate of drug-likeness (QED) is 0.628. The first-order valence-corrected chi connectivity index (χ1v) is 4.16. The van der Waals surface area contributed by atoms with Crippen LogP contribution in [0.1, 0.15) is 19.3 Å². The number of halogens is 3. The molecule has 0 spiro atoms. The van der Waals surface area contributed by atoms with Crippen LogP contribution in [-0.4, -0.2) is 25.2 Å². The summed E-state index contributed by atoms with van der Waals surface area (Å²) in [4.78, 5) is 10.9. The summed E-state index contributed by atoms with van der Waals surface area (Å²) in [7, 11) is 0. The summed E-state index contributed by atoms with van der Waals surface area (Å²) < 4.78 is 39.4. The topological polar surface area (TPSA) is 26.3 Å². The number of hydrogen-bond donors (Lipinski definition) is 0. The van der Waals surface area contributed by atoms with Gasteiger partial charge in [-0.25, -0.2) is 0 Å². The van der Waals surface area contributed by atoms with Gasteiger partial charge in [-0.2, -0.15) is 13.2 Å². The second-order valence-electron chi connectivity index (χ2n) is 3.16. The molecule has 0 saturated heterocycles. The number of Topliss-reactive ketones (excluding diaryl/α,β-unsaturated/α-hetero) is 1. The zero-order valence-electron chi connectivity index (χ0n) is 7.06.